The van der Waals surface area contributed by atoms with E-state index in [1.807, 2.05) is 18.2 Å². The van der Waals surface area contributed by atoms with Crippen LogP contribution in [0.15, 0.2) is 18.2 Å². The Bertz CT molecular complexity index is 400. The summed E-state index contributed by atoms with van der Waals surface area (Å²) in [5, 5.41) is 4.96. The van der Waals surface area contributed by atoms with E-state index in [1.54, 1.807) is 0 Å². The van der Waals surface area contributed by atoms with Gasteiger partial charge >= 0.3 is 0 Å². The summed E-state index contributed by atoms with van der Waals surface area (Å²) in [6.45, 7) is 1.71. The van der Waals surface area contributed by atoms with Crippen LogP contribution in [0, 0.1) is 5.41 Å². The van der Waals surface area contributed by atoms with Crippen LogP contribution in [-0.4, -0.2) is 12.4 Å². The quantitative estimate of drug-likeness (QED) is 0.764. The fourth-order valence-electron chi connectivity index (χ4n) is 2.62. The van der Waals surface area contributed by atoms with Crippen LogP contribution in [0.5, 0.6) is 0 Å². The summed E-state index contributed by atoms with van der Waals surface area (Å²) >= 11 is 18.2. The predicted octanol–water partition coefficient (Wildman–Crippen LogP) is 4.88. The van der Waals surface area contributed by atoms with Gasteiger partial charge in [-0.05, 0) is 42.0 Å². The van der Waals surface area contributed by atoms with Crippen LogP contribution in [0.1, 0.15) is 31.2 Å². The summed E-state index contributed by atoms with van der Waals surface area (Å²) < 4.78 is 0. The zero-order valence-corrected chi connectivity index (χ0v) is 12.6. The average molecular weight is 307 g/mol. The summed E-state index contributed by atoms with van der Waals surface area (Å²) in [7, 11) is 0. The molecule has 1 aromatic rings. The average Bonchev–Trinajstić information content (AvgIpc) is 2.83. The number of benzene rings is 1. The van der Waals surface area contributed by atoms with Gasteiger partial charge in [0.25, 0.3) is 0 Å². The van der Waals surface area contributed by atoms with Crippen molar-refractivity contribution < 1.29 is 0 Å². The van der Waals surface area contributed by atoms with Crippen LogP contribution < -0.4 is 5.32 Å². The Kier molecular flexibility index (Phi) is 5.20. The Morgan fingerprint density at radius 2 is 1.89 bits per heavy atom. The van der Waals surface area contributed by atoms with E-state index in [-0.39, 0.29) is 5.41 Å². The Morgan fingerprint density at radius 3 is 2.56 bits per heavy atom. The maximum atomic E-state index is 6.14. The van der Waals surface area contributed by atoms with E-state index in [4.69, 9.17) is 34.8 Å². The second kappa shape index (κ2) is 6.47. The summed E-state index contributed by atoms with van der Waals surface area (Å²) in [5.74, 6) is 0.739. The summed E-state index contributed by atoms with van der Waals surface area (Å²) in [4.78, 5) is 0. The largest absolute Gasteiger partial charge is 0.312 e. The molecule has 100 valence electrons. The molecule has 0 bridgehead atoms. The van der Waals surface area contributed by atoms with Gasteiger partial charge in [-0.15, -0.1) is 11.6 Å². The second-order valence-corrected chi connectivity index (χ2v) is 6.29. The molecule has 0 spiro atoms. The van der Waals surface area contributed by atoms with Crippen molar-refractivity contribution in [3.05, 3.63) is 33.8 Å². The van der Waals surface area contributed by atoms with Crippen molar-refractivity contribution in [2.24, 2.45) is 5.41 Å². The molecule has 1 fully saturated rings. The van der Waals surface area contributed by atoms with Gasteiger partial charge in [0, 0.05) is 29.0 Å². The van der Waals surface area contributed by atoms with Gasteiger partial charge in [-0.25, -0.2) is 0 Å². The number of alkyl halides is 1. The first-order valence-corrected chi connectivity index (χ1v) is 7.65. The molecule has 1 N–H and O–H groups in total. The van der Waals surface area contributed by atoms with Gasteiger partial charge < -0.3 is 5.32 Å². The highest BCUT2D eigenvalue weighted by atomic mass is 35.5. The Balaban J connectivity index is 1.89. The molecule has 0 radical (unpaired) electrons. The first kappa shape index (κ1) is 14.5. The van der Waals surface area contributed by atoms with Crippen LogP contribution in [0.25, 0.3) is 0 Å². The molecule has 0 atom stereocenters. The van der Waals surface area contributed by atoms with E-state index in [0.717, 1.165) is 34.6 Å². The maximum Gasteiger partial charge on any atom is 0.0451 e. The molecule has 2 rings (SSSR count). The van der Waals surface area contributed by atoms with E-state index in [2.05, 4.69) is 5.32 Å². The zero-order valence-electron chi connectivity index (χ0n) is 10.3. The Labute approximate surface area is 124 Å². The fraction of sp³-hybridized carbons (Fsp3) is 0.571. The SMILES string of the molecule is ClCC1(CNCc2cc(Cl)ccc2Cl)CCCC1. The minimum absolute atomic E-state index is 0.284. The van der Waals surface area contributed by atoms with Crippen molar-refractivity contribution in [2.75, 3.05) is 12.4 Å². The van der Waals surface area contributed by atoms with Crippen molar-refractivity contribution in [1.82, 2.24) is 5.32 Å². The summed E-state index contributed by atoms with van der Waals surface area (Å²) in [6, 6.07) is 5.57. The summed E-state index contributed by atoms with van der Waals surface area (Å²) in [6.07, 6.45) is 5.05. The maximum absolute atomic E-state index is 6.14. The highest BCUT2D eigenvalue weighted by Gasteiger charge is 2.32. The molecule has 0 amide bonds. The topological polar surface area (TPSA) is 12.0 Å². The molecule has 0 unspecified atom stereocenters. The first-order valence-electron chi connectivity index (χ1n) is 6.36. The van der Waals surface area contributed by atoms with E-state index in [0.29, 0.717) is 0 Å². The molecule has 1 aromatic carbocycles. The van der Waals surface area contributed by atoms with E-state index < -0.39 is 0 Å². The number of nitrogens with one attached hydrogen (secondary N) is 1. The molecule has 0 aliphatic heterocycles. The minimum Gasteiger partial charge on any atom is -0.312 e. The molecule has 1 saturated carbocycles. The van der Waals surface area contributed by atoms with Crippen LogP contribution in [0.3, 0.4) is 0 Å². The standard InChI is InChI=1S/C14H18Cl3N/c15-9-14(5-1-2-6-14)10-18-8-11-7-12(16)3-4-13(11)17/h3-4,7,18H,1-2,5-6,8-10H2. The lowest BCUT2D eigenvalue weighted by atomic mass is 9.88. The van der Waals surface area contributed by atoms with Gasteiger partial charge in [-0.3, -0.25) is 0 Å². The van der Waals surface area contributed by atoms with Crippen molar-refractivity contribution in [3.63, 3.8) is 0 Å². The molecule has 0 heterocycles. The monoisotopic (exact) mass is 305 g/mol. The smallest absolute Gasteiger partial charge is 0.0451 e. The first-order chi connectivity index (χ1) is 8.65. The van der Waals surface area contributed by atoms with Gasteiger partial charge in [-0.1, -0.05) is 36.0 Å². The van der Waals surface area contributed by atoms with E-state index in [9.17, 15) is 0 Å². The van der Waals surface area contributed by atoms with E-state index >= 15 is 0 Å². The highest BCUT2D eigenvalue weighted by Crippen LogP contribution is 2.38. The van der Waals surface area contributed by atoms with Gasteiger partial charge in [0.15, 0.2) is 0 Å². The fourth-order valence-corrected chi connectivity index (χ4v) is 3.36. The lowest BCUT2D eigenvalue weighted by molar-refractivity contribution is 0.320. The molecule has 18 heavy (non-hydrogen) atoms. The molecular formula is C14H18Cl3N. The van der Waals surface area contributed by atoms with Crippen LogP contribution >= 0.6 is 34.8 Å². The third-order valence-electron chi connectivity index (χ3n) is 3.77. The van der Waals surface area contributed by atoms with Crippen LogP contribution in [0.4, 0.5) is 0 Å². The second-order valence-electron chi connectivity index (χ2n) is 5.18. The van der Waals surface area contributed by atoms with Crippen LogP contribution in [-0.2, 0) is 6.54 Å². The van der Waals surface area contributed by atoms with Crippen molar-refractivity contribution in [3.8, 4) is 0 Å². The lowest BCUT2D eigenvalue weighted by Gasteiger charge is -2.26. The van der Waals surface area contributed by atoms with Crippen molar-refractivity contribution in [2.45, 2.75) is 32.2 Å². The number of hydrogen-bond acceptors (Lipinski definition) is 1. The Morgan fingerprint density at radius 1 is 1.17 bits per heavy atom. The highest BCUT2D eigenvalue weighted by molar-refractivity contribution is 6.33. The molecule has 1 aliphatic carbocycles. The molecule has 0 saturated heterocycles. The minimum atomic E-state index is 0.284. The third kappa shape index (κ3) is 3.54. The van der Waals surface area contributed by atoms with Gasteiger partial charge in [-0.2, -0.15) is 0 Å². The zero-order chi connectivity index (χ0) is 13.0. The summed E-state index contributed by atoms with van der Waals surface area (Å²) in [5.41, 5.74) is 1.33. The normalized spacial score (nSPS) is 18.2. The number of rotatable bonds is 5. The predicted molar refractivity (Wildman–Crippen MR) is 79.8 cm³/mol. The lowest BCUT2D eigenvalue weighted by Crippen LogP contribution is -2.33. The van der Waals surface area contributed by atoms with E-state index in [1.165, 1.54) is 25.7 Å². The molecule has 0 aromatic heterocycles. The van der Waals surface area contributed by atoms with Crippen molar-refractivity contribution >= 4 is 34.8 Å². The molecule has 4 heteroatoms. The molecule has 1 aliphatic rings. The van der Waals surface area contributed by atoms with Gasteiger partial charge in [0.05, 0.1) is 0 Å². The van der Waals surface area contributed by atoms with Crippen molar-refractivity contribution in [1.29, 1.82) is 0 Å². The van der Waals surface area contributed by atoms with Crippen LogP contribution in [0.2, 0.25) is 10.0 Å². The Hall–Kier alpha value is 0.0500. The van der Waals surface area contributed by atoms with Gasteiger partial charge in [0.2, 0.25) is 0 Å². The third-order valence-corrected chi connectivity index (χ3v) is 4.94. The number of hydrogen-bond donors (Lipinski definition) is 1. The number of halogens is 3. The molecule has 1 nitrogen and oxygen atoms in total. The van der Waals surface area contributed by atoms with Gasteiger partial charge in [0.1, 0.15) is 0 Å². The molecular weight excluding hydrogens is 289 g/mol.